The van der Waals surface area contributed by atoms with Crippen LogP contribution in [0, 0.1) is 0 Å². The Morgan fingerprint density at radius 1 is 0.963 bits per heavy atom. The van der Waals surface area contributed by atoms with Gasteiger partial charge in [-0.3, -0.25) is 9.59 Å². The van der Waals surface area contributed by atoms with Crippen LogP contribution in [-0.4, -0.2) is 29.8 Å². The molecular weight excluding hydrogens is 383 g/mol. The van der Waals surface area contributed by atoms with Crippen molar-refractivity contribution in [2.24, 2.45) is 0 Å². The van der Waals surface area contributed by atoms with Crippen LogP contribution in [0.5, 0.6) is 0 Å². The van der Waals surface area contributed by atoms with Crippen molar-refractivity contribution < 1.29 is 9.59 Å². The summed E-state index contributed by atoms with van der Waals surface area (Å²) in [5, 5.41) is 3.76. The van der Waals surface area contributed by atoms with Gasteiger partial charge in [-0.25, -0.2) is 0 Å². The topological polar surface area (TPSA) is 49.4 Å². The van der Waals surface area contributed by atoms with Gasteiger partial charge in [0.2, 0.25) is 5.91 Å². The van der Waals surface area contributed by atoms with E-state index in [1.54, 1.807) is 47.4 Å². The maximum atomic E-state index is 12.8. The molecule has 0 aliphatic rings. The molecule has 2 amide bonds. The van der Waals surface area contributed by atoms with E-state index in [4.69, 9.17) is 23.2 Å². The van der Waals surface area contributed by atoms with E-state index >= 15 is 0 Å². The first kappa shape index (κ1) is 21.3. The zero-order chi connectivity index (χ0) is 20.2. The van der Waals surface area contributed by atoms with Gasteiger partial charge in [0, 0.05) is 24.3 Å². The number of halogens is 2. The summed E-state index contributed by atoms with van der Waals surface area (Å²) in [6.07, 6.45) is 0. The molecule has 1 N–H and O–H groups in total. The number of rotatable bonds is 6. The van der Waals surface area contributed by atoms with Gasteiger partial charge >= 0.3 is 0 Å². The summed E-state index contributed by atoms with van der Waals surface area (Å²) in [5.41, 5.74) is 1.19. The normalized spacial score (nSPS) is 11.2. The molecule has 0 spiro atoms. The Kier molecular flexibility index (Phi) is 6.90. The Balaban J connectivity index is 2.15. The molecule has 0 aliphatic heterocycles. The molecule has 0 saturated carbocycles. The average molecular weight is 407 g/mol. The van der Waals surface area contributed by atoms with Crippen LogP contribution in [0.15, 0.2) is 42.5 Å². The third-order valence-electron chi connectivity index (χ3n) is 4.65. The summed E-state index contributed by atoms with van der Waals surface area (Å²) in [5.74, 6) is -0.197. The van der Waals surface area contributed by atoms with E-state index in [9.17, 15) is 9.59 Å². The second kappa shape index (κ2) is 8.77. The van der Waals surface area contributed by atoms with E-state index in [1.165, 1.54) is 0 Å². The fourth-order valence-electron chi connectivity index (χ4n) is 2.69. The zero-order valence-corrected chi connectivity index (χ0v) is 17.5. The molecule has 0 saturated heterocycles. The molecule has 4 nitrogen and oxygen atoms in total. The summed E-state index contributed by atoms with van der Waals surface area (Å²) >= 11 is 12.0. The summed E-state index contributed by atoms with van der Waals surface area (Å²) in [4.78, 5) is 26.9. The van der Waals surface area contributed by atoms with Crippen molar-refractivity contribution in [2.45, 2.75) is 33.1 Å². The van der Waals surface area contributed by atoms with E-state index in [0.29, 0.717) is 34.4 Å². The maximum absolute atomic E-state index is 12.8. The summed E-state index contributed by atoms with van der Waals surface area (Å²) in [6.45, 7) is 8.85. The largest absolute Gasteiger partial charge is 0.339 e. The Labute approximate surface area is 170 Å². The van der Waals surface area contributed by atoms with Gasteiger partial charge in [-0.1, -0.05) is 29.3 Å². The summed E-state index contributed by atoms with van der Waals surface area (Å²) in [6, 6.07) is 12.1. The van der Waals surface area contributed by atoms with Gasteiger partial charge < -0.3 is 10.2 Å². The lowest BCUT2D eigenvalue weighted by molar-refractivity contribution is -0.120. The first-order valence-corrected chi connectivity index (χ1v) is 9.62. The van der Waals surface area contributed by atoms with Crippen LogP contribution < -0.4 is 5.32 Å². The SMILES string of the molecule is CCN(CC)C(=O)c1ccc(NC(=O)C(C)(C)c2ccc(Cl)c(Cl)c2)cc1. The quantitative estimate of drug-likeness (QED) is 0.698. The minimum Gasteiger partial charge on any atom is -0.339 e. The van der Waals surface area contributed by atoms with Crippen molar-refractivity contribution in [3.63, 3.8) is 0 Å². The molecule has 0 aliphatic carbocycles. The lowest BCUT2D eigenvalue weighted by Crippen LogP contribution is -2.34. The van der Waals surface area contributed by atoms with Gasteiger partial charge in [0.05, 0.1) is 15.5 Å². The molecule has 0 fully saturated rings. The number of carbonyl (C=O) groups is 2. The molecule has 0 bridgehead atoms. The molecule has 2 rings (SSSR count). The van der Waals surface area contributed by atoms with Gasteiger partial charge in [0.1, 0.15) is 0 Å². The molecule has 27 heavy (non-hydrogen) atoms. The predicted molar refractivity (Wildman–Crippen MR) is 112 cm³/mol. The zero-order valence-electron chi connectivity index (χ0n) is 16.0. The number of nitrogens with one attached hydrogen (secondary N) is 1. The molecule has 2 aromatic carbocycles. The number of benzene rings is 2. The number of carbonyl (C=O) groups excluding carboxylic acids is 2. The first-order chi connectivity index (χ1) is 12.7. The van der Waals surface area contributed by atoms with Crippen LogP contribution >= 0.6 is 23.2 Å². The number of hydrogen-bond donors (Lipinski definition) is 1. The molecule has 0 radical (unpaired) electrons. The smallest absolute Gasteiger partial charge is 0.253 e. The van der Waals surface area contributed by atoms with Crippen LogP contribution in [0.25, 0.3) is 0 Å². The second-order valence-corrected chi connectivity index (χ2v) is 7.58. The van der Waals surface area contributed by atoms with Gasteiger partial charge in [-0.15, -0.1) is 0 Å². The van der Waals surface area contributed by atoms with Gasteiger partial charge in [0.25, 0.3) is 5.91 Å². The number of amides is 2. The monoisotopic (exact) mass is 406 g/mol. The molecule has 2 aromatic rings. The Morgan fingerprint density at radius 2 is 1.56 bits per heavy atom. The predicted octanol–water partition coefficient (Wildman–Crippen LogP) is 5.39. The minimum absolute atomic E-state index is 0.0194. The highest BCUT2D eigenvalue weighted by molar-refractivity contribution is 6.42. The van der Waals surface area contributed by atoms with Crippen molar-refractivity contribution in [3.8, 4) is 0 Å². The molecule has 144 valence electrons. The standard InChI is InChI=1S/C21H24Cl2N2O2/c1-5-25(6-2)19(26)14-7-10-16(11-8-14)24-20(27)21(3,4)15-9-12-17(22)18(23)13-15/h7-13H,5-6H2,1-4H3,(H,24,27). The van der Waals surface area contributed by atoms with Crippen LogP contribution in [0.3, 0.4) is 0 Å². The Hall–Kier alpha value is -2.04. The van der Waals surface area contributed by atoms with Crippen molar-refractivity contribution >= 4 is 40.7 Å². The van der Waals surface area contributed by atoms with E-state index in [2.05, 4.69) is 5.32 Å². The third-order valence-corrected chi connectivity index (χ3v) is 5.39. The lowest BCUT2D eigenvalue weighted by Gasteiger charge is -2.25. The van der Waals surface area contributed by atoms with E-state index < -0.39 is 5.41 Å². The van der Waals surface area contributed by atoms with E-state index in [1.807, 2.05) is 27.7 Å². The molecule has 0 atom stereocenters. The van der Waals surface area contributed by atoms with Gasteiger partial charge in [-0.05, 0) is 69.7 Å². The van der Waals surface area contributed by atoms with Crippen molar-refractivity contribution in [3.05, 3.63) is 63.6 Å². The highest BCUT2D eigenvalue weighted by Gasteiger charge is 2.30. The molecular formula is C21H24Cl2N2O2. The fourth-order valence-corrected chi connectivity index (χ4v) is 2.99. The average Bonchev–Trinajstić information content (AvgIpc) is 2.65. The molecule has 0 heterocycles. The second-order valence-electron chi connectivity index (χ2n) is 6.76. The highest BCUT2D eigenvalue weighted by atomic mass is 35.5. The minimum atomic E-state index is -0.802. The van der Waals surface area contributed by atoms with E-state index in [0.717, 1.165) is 5.56 Å². The van der Waals surface area contributed by atoms with Crippen LogP contribution in [-0.2, 0) is 10.2 Å². The maximum Gasteiger partial charge on any atom is 0.253 e. The van der Waals surface area contributed by atoms with Crippen molar-refractivity contribution in [1.29, 1.82) is 0 Å². The molecule has 0 aromatic heterocycles. The number of anilines is 1. The Morgan fingerprint density at radius 3 is 2.07 bits per heavy atom. The number of hydrogen-bond acceptors (Lipinski definition) is 2. The lowest BCUT2D eigenvalue weighted by atomic mass is 9.83. The van der Waals surface area contributed by atoms with Gasteiger partial charge in [0.15, 0.2) is 0 Å². The van der Waals surface area contributed by atoms with Crippen molar-refractivity contribution in [1.82, 2.24) is 4.90 Å². The fraction of sp³-hybridized carbons (Fsp3) is 0.333. The van der Waals surface area contributed by atoms with Crippen LogP contribution in [0.2, 0.25) is 10.0 Å². The molecule has 6 heteroatoms. The first-order valence-electron chi connectivity index (χ1n) is 8.87. The van der Waals surface area contributed by atoms with Crippen LogP contribution in [0.1, 0.15) is 43.6 Å². The highest BCUT2D eigenvalue weighted by Crippen LogP contribution is 2.31. The van der Waals surface area contributed by atoms with Crippen molar-refractivity contribution in [2.75, 3.05) is 18.4 Å². The van der Waals surface area contributed by atoms with E-state index in [-0.39, 0.29) is 11.8 Å². The van der Waals surface area contributed by atoms with Gasteiger partial charge in [-0.2, -0.15) is 0 Å². The summed E-state index contributed by atoms with van der Waals surface area (Å²) in [7, 11) is 0. The third kappa shape index (κ3) is 4.82. The van der Waals surface area contributed by atoms with Crippen LogP contribution in [0.4, 0.5) is 5.69 Å². The number of nitrogens with zero attached hydrogens (tertiary/aromatic N) is 1. The summed E-state index contributed by atoms with van der Waals surface area (Å²) < 4.78 is 0. The Bertz CT molecular complexity index is 829. The molecule has 0 unspecified atom stereocenters.